The Kier molecular flexibility index (Phi) is 8.64. The molecule has 0 fully saturated rings. The monoisotopic (exact) mass is 549 g/mol. The van der Waals surface area contributed by atoms with Crippen molar-refractivity contribution in [3.05, 3.63) is 65.5 Å². The average Bonchev–Trinajstić information content (AvgIpc) is 3.23. The van der Waals surface area contributed by atoms with Crippen LogP contribution in [0.5, 0.6) is 0 Å². The number of hydrogen-bond acceptors (Lipinski definition) is 7. The first-order chi connectivity index (χ1) is 18.5. The van der Waals surface area contributed by atoms with Crippen LogP contribution in [0.25, 0.3) is 21.9 Å². The van der Waals surface area contributed by atoms with Crippen LogP contribution >= 0.6 is 8.61 Å². The van der Waals surface area contributed by atoms with E-state index in [-0.39, 0.29) is 21.3 Å². The number of pyridine rings is 1. The predicted octanol–water partition coefficient (Wildman–Crippen LogP) is 6.28. The Balaban J connectivity index is 1.56. The summed E-state index contributed by atoms with van der Waals surface area (Å²) in [6.45, 7) is 12.7. The van der Waals surface area contributed by atoms with Crippen molar-refractivity contribution in [2.24, 2.45) is 5.92 Å². The van der Waals surface area contributed by atoms with Gasteiger partial charge in [0, 0.05) is 11.9 Å². The van der Waals surface area contributed by atoms with Gasteiger partial charge in [0.05, 0.1) is 17.1 Å². The second kappa shape index (κ2) is 11.8. The van der Waals surface area contributed by atoms with Gasteiger partial charge in [-0.25, -0.2) is 19.8 Å². The summed E-state index contributed by atoms with van der Waals surface area (Å²) in [6.07, 6.45) is -0.246. The van der Waals surface area contributed by atoms with Crippen molar-refractivity contribution < 1.29 is 18.8 Å². The Morgan fingerprint density at radius 2 is 1.72 bits per heavy atom. The van der Waals surface area contributed by atoms with Crippen LogP contribution in [0.1, 0.15) is 70.6 Å². The van der Waals surface area contributed by atoms with Crippen molar-refractivity contribution in [3.8, 4) is 0 Å². The number of benzene rings is 2. The normalized spacial score (nSPS) is 13.8. The lowest BCUT2D eigenvalue weighted by Gasteiger charge is -2.23. The molecule has 4 rings (SSSR count). The third-order valence-corrected chi connectivity index (χ3v) is 6.63. The van der Waals surface area contributed by atoms with Crippen LogP contribution in [0, 0.1) is 5.92 Å². The van der Waals surface area contributed by atoms with Crippen molar-refractivity contribution in [3.63, 3.8) is 0 Å². The fourth-order valence-corrected chi connectivity index (χ4v) is 4.87. The van der Waals surface area contributed by atoms with E-state index >= 15 is 0 Å². The largest absolute Gasteiger partial charge is 0.459 e. The van der Waals surface area contributed by atoms with E-state index in [0.29, 0.717) is 22.8 Å². The number of para-hydroxylation sites is 1. The maximum atomic E-state index is 12.6. The smallest absolute Gasteiger partial charge is 0.329 e. The lowest BCUT2D eigenvalue weighted by molar-refractivity contribution is -0.157. The van der Waals surface area contributed by atoms with Gasteiger partial charge in [0.15, 0.2) is 5.82 Å². The highest BCUT2D eigenvalue weighted by molar-refractivity contribution is 7.21. The Bertz CT molecular complexity index is 1480. The van der Waals surface area contributed by atoms with E-state index in [0.717, 1.165) is 34.4 Å². The maximum absolute atomic E-state index is 12.6. The van der Waals surface area contributed by atoms with Crippen molar-refractivity contribution in [2.45, 2.75) is 72.4 Å². The third-order valence-electron chi connectivity index (χ3n) is 6.26. The van der Waals surface area contributed by atoms with Gasteiger partial charge in [-0.1, -0.05) is 56.3 Å². The number of fused-ring (bicyclic) bond motifs is 3. The Morgan fingerprint density at radius 3 is 2.36 bits per heavy atom. The molecule has 0 aliphatic rings. The second-order valence-electron chi connectivity index (χ2n) is 11.1. The number of carbonyl (C=O) groups excluding carboxylic acids is 1. The lowest BCUT2D eigenvalue weighted by Crippen LogP contribution is -2.31. The highest BCUT2D eigenvalue weighted by atomic mass is 31.1. The van der Waals surface area contributed by atoms with Crippen LogP contribution in [-0.2, 0) is 32.0 Å². The summed E-state index contributed by atoms with van der Waals surface area (Å²) >= 11 is 0. The van der Waals surface area contributed by atoms with E-state index in [4.69, 9.17) is 20.2 Å². The van der Waals surface area contributed by atoms with Crippen LogP contribution < -0.4 is 10.8 Å². The highest BCUT2D eigenvalue weighted by Gasteiger charge is 2.27. The Hall–Kier alpha value is -3.39. The number of nitrogen functional groups attached to an aromatic ring is 1. The van der Waals surface area contributed by atoms with Gasteiger partial charge in [0.2, 0.25) is 8.61 Å². The minimum absolute atomic E-state index is 0.246. The van der Waals surface area contributed by atoms with Crippen LogP contribution in [0.2, 0.25) is 0 Å². The zero-order valence-electron chi connectivity index (χ0n) is 23.3. The summed E-state index contributed by atoms with van der Waals surface area (Å²) in [4.78, 5) is 22.0. The number of carbonyl (C=O) groups is 1. The molecule has 1 unspecified atom stereocenters. The standard InChI is InChI=1S/C29H36N5O4P/c1-17(2)15-34-23(32-25-26(34)21-9-7-8-10-22(21)31-27(25)30)16-37-18(3)19-11-13-20(14-12-19)24(33-39-36)28(35)38-29(4,5)6/h7-14,17-18,24H,15-16H2,1-6H3,(H2,30,31)(H,33,36)/t18?,24-/m0/s1. The van der Waals surface area contributed by atoms with E-state index in [9.17, 15) is 9.36 Å². The molecule has 10 heteroatoms. The number of ether oxygens (including phenoxy) is 2. The molecule has 4 aromatic rings. The van der Waals surface area contributed by atoms with Gasteiger partial charge in [-0.15, -0.1) is 0 Å². The topological polar surface area (TPSA) is 121 Å². The van der Waals surface area contributed by atoms with Crippen molar-refractivity contribution in [2.75, 3.05) is 5.73 Å². The van der Waals surface area contributed by atoms with Gasteiger partial charge in [-0.2, -0.15) is 0 Å². The zero-order chi connectivity index (χ0) is 28.3. The molecule has 0 spiro atoms. The van der Waals surface area contributed by atoms with Crippen molar-refractivity contribution >= 4 is 42.3 Å². The summed E-state index contributed by atoms with van der Waals surface area (Å²) in [6, 6.07) is 14.5. The molecule has 39 heavy (non-hydrogen) atoms. The molecule has 2 atom stereocenters. The third kappa shape index (κ3) is 6.61. The summed E-state index contributed by atoms with van der Waals surface area (Å²) in [5.74, 6) is 1.09. The van der Waals surface area contributed by atoms with E-state index < -0.39 is 17.6 Å². The number of nitrogens with one attached hydrogen (secondary N) is 1. The summed E-state index contributed by atoms with van der Waals surface area (Å²) in [5.41, 5.74) is 9.73. The predicted molar refractivity (Wildman–Crippen MR) is 153 cm³/mol. The number of esters is 1. The molecule has 3 N–H and O–H groups in total. The van der Waals surface area contributed by atoms with Gasteiger partial charge in [0.1, 0.15) is 29.6 Å². The number of hydrogen-bond donors (Lipinski definition) is 2. The van der Waals surface area contributed by atoms with Gasteiger partial charge < -0.3 is 19.8 Å². The quantitative estimate of drug-likeness (QED) is 0.175. The number of anilines is 1. The molecule has 0 amide bonds. The first-order valence-electron chi connectivity index (χ1n) is 13.0. The number of nitrogens with zero attached hydrogens (tertiary/aromatic N) is 3. The molecule has 0 aliphatic carbocycles. The maximum Gasteiger partial charge on any atom is 0.329 e. The lowest BCUT2D eigenvalue weighted by atomic mass is 10.0. The minimum Gasteiger partial charge on any atom is -0.459 e. The summed E-state index contributed by atoms with van der Waals surface area (Å²) in [5, 5.41) is 3.66. The van der Waals surface area contributed by atoms with Gasteiger partial charge >= 0.3 is 5.97 Å². The van der Waals surface area contributed by atoms with Crippen LogP contribution in [0.4, 0.5) is 5.82 Å². The molecule has 2 aromatic heterocycles. The van der Waals surface area contributed by atoms with Crippen LogP contribution in [0.15, 0.2) is 48.5 Å². The van der Waals surface area contributed by atoms with Crippen LogP contribution in [0.3, 0.4) is 0 Å². The number of nitrogens with two attached hydrogens (primary N) is 1. The van der Waals surface area contributed by atoms with Gasteiger partial charge in [-0.05, 0) is 50.8 Å². The zero-order valence-corrected chi connectivity index (χ0v) is 24.2. The SMILES string of the molecule is CC(C)Cn1c(COC(C)c2ccc([C@H](NP=O)C(=O)OC(C)(C)C)cc2)nc2c(N)nc3ccccc3c21. The molecule has 9 nitrogen and oxygen atoms in total. The fraction of sp³-hybridized carbons (Fsp3) is 0.414. The Morgan fingerprint density at radius 1 is 1.05 bits per heavy atom. The van der Waals surface area contributed by atoms with E-state index in [1.165, 1.54) is 0 Å². The minimum atomic E-state index is -0.849. The van der Waals surface area contributed by atoms with Crippen LogP contribution in [-0.4, -0.2) is 26.1 Å². The molecule has 0 bridgehead atoms. The van der Waals surface area contributed by atoms with E-state index in [1.54, 1.807) is 20.8 Å². The molecule has 0 saturated carbocycles. The molecular weight excluding hydrogens is 513 g/mol. The molecule has 0 radical (unpaired) electrons. The molecule has 0 aliphatic heterocycles. The van der Waals surface area contributed by atoms with Gasteiger partial charge in [-0.3, -0.25) is 4.57 Å². The summed E-state index contributed by atoms with van der Waals surface area (Å²) in [7, 11) is -0.354. The molecule has 206 valence electrons. The molecule has 2 heterocycles. The average molecular weight is 550 g/mol. The first-order valence-corrected chi connectivity index (χ1v) is 13.8. The Labute approximate surface area is 230 Å². The van der Waals surface area contributed by atoms with Gasteiger partial charge in [0.25, 0.3) is 0 Å². The summed E-state index contributed by atoms with van der Waals surface area (Å²) < 4.78 is 25.2. The first kappa shape index (κ1) is 28.6. The second-order valence-corrected chi connectivity index (χ2v) is 11.5. The number of imidazole rings is 1. The highest BCUT2D eigenvalue weighted by Crippen LogP contribution is 2.31. The molecule has 0 saturated heterocycles. The molecular formula is C29H36N5O4P. The van der Waals surface area contributed by atoms with Crippen molar-refractivity contribution in [1.82, 2.24) is 19.6 Å². The number of aromatic nitrogens is 3. The van der Waals surface area contributed by atoms with E-state index in [2.05, 4.69) is 28.5 Å². The number of rotatable bonds is 10. The van der Waals surface area contributed by atoms with Crippen molar-refractivity contribution in [1.29, 1.82) is 0 Å². The van der Waals surface area contributed by atoms with E-state index in [1.807, 2.05) is 55.5 Å². The molecule has 2 aromatic carbocycles. The fourth-order valence-electron chi connectivity index (χ4n) is 4.51.